The van der Waals surface area contributed by atoms with Crippen LogP contribution in [0.5, 0.6) is 0 Å². The van der Waals surface area contributed by atoms with Gasteiger partial charge in [-0.3, -0.25) is 4.79 Å². The Bertz CT molecular complexity index is 428. The first-order chi connectivity index (χ1) is 9.06. The summed E-state index contributed by atoms with van der Waals surface area (Å²) in [6, 6.07) is 5.53. The predicted molar refractivity (Wildman–Crippen MR) is 78.1 cm³/mol. The first kappa shape index (κ1) is 15.5. The molecule has 19 heavy (non-hydrogen) atoms. The summed E-state index contributed by atoms with van der Waals surface area (Å²) < 4.78 is 0. The molecule has 0 aromatic heterocycles. The lowest BCUT2D eigenvalue weighted by Crippen LogP contribution is -2.41. The van der Waals surface area contributed by atoms with Crippen LogP contribution < -0.4 is 5.73 Å². The van der Waals surface area contributed by atoms with E-state index in [2.05, 4.69) is 13.8 Å². The normalized spacial score (nSPS) is 10.8. The predicted octanol–water partition coefficient (Wildman–Crippen LogP) is 2.20. The Kier molecular flexibility index (Phi) is 5.83. The third-order valence-electron chi connectivity index (χ3n) is 3.59. The van der Waals surface area contributed by atoms with Crippen LogP contribution in [-0.2, 0) is 0 Å². The fourth-order valence-electron chi connectivity index (χ4n) is 2.33. The Labute approximate surface area is 115 Å². The number of hydrogen-bond donors (Lipinski definition) is 2. The number of aliphatic hydroxyl groups excluding tert-OH is 1. The molecule has 0 saturated carbocycles. The molecule has 4 nitrogen and oxygen atoms in total. The Hall–Kier alpha value is -1.55. The van der Waals surface area contributed by atoms with Gasteiger partial charge < -0.3 is 15.7 Å². The van der Waals surface area contributed by atoms with Crippen molar-refractivity contribution in [3.05, 3.63) is 29.3 Å². The maximum atomic E-state index is 12.6. The molecule has 0 aliphatic rings. The molecule has 1 aromatic carbocycles. The van der Waals surface area contributed by atoms with Crippen molar-refractivity contribution in [3.8, 4) is 0 Å². The molecule has 0 spiro atoms. The quantitative estimate of drug-likeness (QED) is 0.774. The molecular weight excluding hydrogens is 240 g/mol. The van der Waals surface area contributed by atoms with Crippen molar-refractivity contribution in [2.75, 3.05) is 18.9 Å². The van der Waals surface area contributed by atoms with Crippen LogP contribution in [0, 0.1) is 6.92 Å². The van der Waals surface area contributed by atoms with Crippen LogP contribution in [-0.4, -0.2) is 35.1 Å². The summed E-state index contributed by atoms with van der Waals surface area (Å²) in [5.41, 5.74) is 7.91. The molecule has 0 aliphatic heterocycles. The Morgan fingerprint density at radius 3 is 2.53 bits per heavy atom. The van der Waals surface area contributed by atoms with E-state index in [0.717, 1.165) is 18.4 Å². The van der Waals surface area contributed by atoms with Crippen molar-refractivity contribution < 1.29 is 9.90 Å². The molecule has 0 bridgehead atoms. The number of benzene rings is 1. The third kappa shape index (κ3) is 3.47. The number of hydrogen-bond acceptors (Lipinski definition) is 3. The van der Waals surface area contributed by atoms with E-state index in [1.165, 1.54) is 0 Å². The number of nitrogen functional groups attached to an aromatic ring is 1. The summed E-state index contributed by atoms with van der Waals surface area (Å²) >= 11 is 0. The van der Waals surface area contributed by atoms with Crippen LogP contribution in [0.25, 0.3) is 0 Å². The lowest BCUT2D eigenvalue weighted by molar-refractivity contribution is 0.0621. The molecule has 0 unspecified atom stereocenters. The molecule has 4 heteroatoms. The SMILES string of the molecule is CCC(CC)N(CCO)C(=O)c1cccc(N)c1C. The number of carbonyl (C=O) groups excluding carboxylic acids is 1. The smallest absolute Gasteiger partial charge is 0.254 e. The van der Waals surface area contributed by atoms with Gasteiger partial charge in [0.2, 0.25) is 0 Å². The Morgan fingerprint density at radius 2 is 2.00 bits per heavy atom. The highest BCUT2D eigenvalue weighted by atomic mass is 16.3. The molecular formula is C15H24N2O2. The monoisotopic (exact) mass is 264 g/mol. The lowest BCUT2D eigenvalue weighted by atomic mass is 10.0. The van der Waals surface area contributed by atoms with Gasteiger partial charge in [0.05, 0.1) is 6.61 Å². The Morgan fingerprint density at radius 1 is 1.37 bits per heavy atom. The van der Waals surface area contributed by atoms with Crippen molar-refractivity contribution in [2.24, 2.45) is 0 Å². The van der Waals surface area contributed by atoms with E-state index in [1.54, 1.807) is 23.1 Å². The van der Waals surface area contributed by atoms with Gasteiger partial charge in [-0.15, -0.1) is 0 Å². The summed E-state index contributed by atoms with van der Waals surface area (Å²) in [5.74, 6) is -0.0486. The Balaban J connectivity index is 3.08. The summed E-state index contributed by atoms with van der Waals surface area (Å²) in [6.45, 7) is 6.30. The number of carbonyl (C=O) groups is 1. The summed E-state index contributed by atoms with van der Waals surface area (Å²) in [6.07, 6.45) is 1.76. The number of anilines is 1. The van der Waals surface area contributed by atoms with Crippen molar-refractivity contribution in [1.29, 1.82) is 0 Å². The standard InChI is InChI=1S/C15H24N2O2/c1-4-12(5-2)17(9-10-18)15(19)13-7-6-8-14(16)11(13)3/h6-8,12,18H,4-5,9-10,16H2,1-3H3. The van der Waals surface area contributed by atoms with Crippen LogP contribution in [0.1, 0.15) is 42.6 Å². The molecule has 0 radical (unpaired) electrons. The van der Waals surface area contributed by atoms with Gasteiger partial charge in [-0.1, -0.05) is 19.9 Å². The fourth-order valence-corrected chi connectivity index (χ4v) is 2.33. The molecule has 106 valence electrons. The molecule has 1 aromatic rings. The van der Waals surface area contributed by atoms with Crippen LogP contribution >= 0.6 is 0 Å². The second-order valence-corrected chi connectivity index (χ2v) is 4.71. The lowest BCUT2D eigenvalue weighted by Gasteiger charge is -2.30. The molecule has 0 saturated heterocycles. The maximum Gasteiger partial charge on any atom is 0.254 e. The van der Waals surface area contributed by atoms with E-state index in [0.29, 0.717) is 17.8 Å². The first-order valence-corrected chi connectivity index (χ1v) is 6.83. The third-order valence-corrected chi connectivity index (χ3v) is 3.59. The van der Waals surface area contributed by atoms with Crippen molar-refractivity contribution in [1.82, 2.24) is 4.90 Å². The van der Waals surface area contributed by atoms with E-state index >= 15 is 0 Å². The first-order valence-electron chi connectivity index (χ1n) is 6.83. The van der Waals surface area contributed by atoms with Gasteiger partial charge >= 0.3 is 0 Å². The molecule has 1 rings (SSSR count). The maximum absolute atomic E-state index is 12.6. The largest absolute Gasteiger partial charge is 0.398 e. The topological polar surface area (TPSA) is 66.6 Å². The van der Waals surface area contributed by atoms with E-state index in [4.69, 9.17) is 5.73 Å². The zero-order chi connectivity index (χ0) is 14.4. The highest BCUT2D eigenvalue weighted by Gasteiger charge is 2.23. The van der Waals surface area contributed by atoms with E-state index in [1.807, 2.05) is 6.92 Å². The molecule has 0 atom stereocenters. The van der Waals surface area contributed by atoms with Gasteiger partial charge in [-0.25, -0.2) is 0 Å². The van der Waals surface area contributed by atoms with Crippen LogP contribution in [0.4, 0.5) is 5.69 Å². The van der Waals surface area contributed by atoms with Gasteiger partial charge in [-0.05, 0) is 37.5 Å². The average Bonchev–Trinajstić information content (AvgIpc) is 2.41. The van der Waals surface area contributed by atoms with Crippen molar-refractivity contribution in [3.63, 3.8) is 0 Å². The minimum atomic E-state index is -0.0486. The van der Waals surface area contributed by atoms with Gasteiger partial charge in [0.1, 0.15) is 0 Å². The molecule has 1 amide bonds. The zero-order valence-electron chi connectivity index (χ0n) is 12.0. The van der Waals surface area contributed by atoms with Crippen LogP contribution in [0.2, 0.25) is 0 Å². The van der Waals surface area contributed by atoms with Crippen molar-refractivity contribution >= 4 is 11.6 Å². The highest BCUT2D eigenvalue weighted by molar-refractivity contribution is 5.97. The summed E-state index contributed by atoms with van der Waals surface area (Å²) in [5, 5.41) is 9.18. The van der Waals surface area contributed by atoms with E-state index in [9.17, 15) is 9.90 Å². The van der Waals surface area contributed by atoms with E-state index < -0.39 is 0 Å². The molecule has 3 N–H and O–H groups in total. The fraction of sp³-hybridized carbons (Fsp3) is 0.533. The number of nitrogens with zero attached hydrogens (tertiary/aromatic N) is 1. The zero-order valence-corrected chi connectivity index (χ0v) is 12.0. The van der Waals surface area contributed by atoms with E-state index in [-0.39, 0.29) is 18.6 Å². The molecule has 0 fully saturated rings. The second kappa shape index (κ2) is 7.14. The molecule has 0 heterocycles. The van der Waals surface area contributed by atoms with Crippen LogP contribution in [0.3, 0.4) is 0 Å². The minimum Gasteiger partial charge on any atom is -0.398 e. The summed E-state index contributed by atoms with van der Waals surface area (Å²) in [4.78, 5) is 14.4. The van der Waals surface area contributed by atoms with Crippen molar-refractivity contribution in [2.45, 2.75) is 39.7 Å². The van der Waals surface area contributed by atoms with Gasteiger partial charge in [0.25, 0.3) is 5.91 Å². The number of nitrogens with two attached hydrogens (primary N) is 1. The number of amides is 1. The second-order valence-electron chi connectivity index (χ2n) is 4.71. The summed E-state index contributed by atoms with van der Waals surface area (Å²) in [7, 11) is 0. The minimum absolute atomic E-state index is 0.0242. The average molecular weight is 264 g/mol. The van der Waals surface area contributed by atoms with Gasteiger partial charge in [-0.2, -0.15) is 0 Å². The number of rotatable bonds is 6. The number of aliphatic hydroxyl groups is 1. The van der Waals surface area contributed by atoms with Gasteiger partial charge in [0, 0.05) is 23.8 Å². The van der Waals surface area contributed by atoms with Gasteiger partial charge in [0.15, 0.2) is 0 Å². The molecule has 0 aliphatic carbocycles. The highest BCUT2D eigenvalue weighted by Crippen LogP contribution is 2.20. The van der Waals surface area contributed by atoms with Crippen LogP contribution in [0.15, 0.2) is 18.2 Å².